The zero-order valence-corrected chi connectivity index (χ0v) is 12.6. The summed E-state index contributed by atoms with van der Waals surface area (Å²) in [4.78, 5) is 16.0. The number of benzene rings is 1. The molecule has 1 saturated carbocycles. The summed E-state index contributed by atoms with van der Waals surface area (Å²) < 4.78 is 5.74. The Hall–Kier alpha value is -2.14. The minimum absolute atomic E-state index is 0.0347. The van der Waals surface area contributed by atoms with Crippen LogP contribution < -0.4 is 10.1 Å². The van der Waals surface area contributed by atoms with Crippen molar-refractivity contribution in [2.75, 3.05) is 11.9 Å². The third-order valence-corrected chi connectivity index (χ3v) is 3.77. The molecule has 2 aromatic rings. The number of hydrogen-bond acceptors (Lipinski definition) is 4. The lowest BCUT2D eigenvalue weighted by atomic mass is 10.1. The molecule has 0 unspecified atom stereocenters. The molecule has 22 heavy (non-hydrogen) atoms. The van der Waals surface area contributed by atoms with Gasteiger partial charge in [0.1, 0.15) is 11.6 Å². The number of carbonyl (C=O) groups is 1. The SMILES string of the molecule is C[C@@H](CCO)Oc1ccc2cc(NC(=O)C3CC3)ncc2c1. The maximum Gasteiger partial charge on any atom is 0.228 e. The van der Waals surface area contributed by atoms with E-state index in [1.165, 1.54) is 0 Å². The molecule has 2 N–H and O–H groups in total. The number of amides is 1. The lowest BCUT2D eigenvalue weighted by Crippen LogP contribution is -2.14. The van der Waals surface area contributed by atoms with Crippen LogP contribution in [0.2, 0.25) is 0 Å². The molecule has 1 amide bonds. The van der Waals surface area contributed by atoms with E-state index in [2.05, 4.69) is 10.3 Å². The van der Waals surface area contributed by atoms with Crippen molar-refractivity contribution < 1.29 is 14.6 Å². The lowest BCUT2D eigenvalue weighted by molar-refractivity contribution is -0.117. The van der Waals surface area contributed by atoms with Crippen LogP contribution in [0.5, 0.6) is 5.75 Å². The molecule has 1 aromatic carbocycles. The van der Waals surface area contributed by atoms with Crippen molar-refractivity contribution in [2.45, 2.75) is 32.3 Å². The highest BCUT2D eigenvalue weighted by Crippen LogP contribution is 2.30. The van der Waals surface area contributed by atoms with Gasteiger partial charge in [0, 0.05) is 30.5 Å². The number of carbonyl (C=O) groups excluding carboxylic acids is 1. The molecule has 1 atom stereocenters. The van der Waals surface area contributed by atoms with E-state index in [9.17, 15) is 4.79 Å². The van der Waals surface area contributed by atoms with E-state index in [0.29, 0.717) is 12.2 Å². The van der Waals surface area contributed by atoms with E-state index in [1.54, 1.807) is 6.20 Å². The van der Waals surface area contributed by atoms with Crippen LogP contribution in [0.1, 0.15) is 26.2 Å². The van der Waals surface area contributed by atoms with Crippen LogP contribution in [0.4, 0.5) is 5.82 Å². The number of rotatable bonds is 6. The van der Waals surface area contributed by atoms with Gasteiger partial charge in [0.15, 0.2) is 0 Å². The van der Waals surface area contributed by atoms with Gasteiger partial charge < -0.3 is 15.2 Å². The fourth-order valence-corrected chi connectivity index (χ4v) is 2.31. The number of aliphatic hydroxyl groups is 1. The first kappa shape index (κ1) is 14.8. The van der Waals surface area contributed by atoms with Crippen molar-refractivity contribution in [2.24, 2.45) is 5.92 Å². The zero-order chi connectivity index (χ0) is 15.5. The number of hydrogen-bond donors (Lipinski definition) is 2. The number of ether oxygens (including phenoxy) is 1. The largest absolute Gasteiger partial charge is 0.491 e. The molecule has 1 fully saturated rings. The van der Waals surface area contributed by atoms with Crippen LogP contribution in [0.25, 0.3) is 10.8 Å². The van der Waals surface area contributed by atoms with Crippen molar-refractivity contribution in [3.8, 4) is 5.75 Å². The third-order valence-electron chi connectivity index (χ3n) is 3.77. The van der Waals surface area contributed by atoms with E-state index in [4.69, 9.17) is 9.84 Å². The van der Waals surface area contributed by atoms with E-state index in [-0.39, 0.29) is 24.5 Å². The molecule has 116 valence electrons. The van der Waals surface area contributed by atoms with Gasteiger partial charge in [0.05, 0.1) is 6.10 Å². The average molecular weight is 300 g/mol. The Morgan fingerprint density at radius 1 is 1.41 bits per heavy atom. The van der Waals surface area contributed by atoms with Crippen molar-refractivity contribution >= 4 is 22.5 Å². The summed E-state index contributed by atoms with van der Waals surface area (Å²) in [6.07, 6.45) is 4.26. The first-order valence-corrected chi connectivity index (χ1v) is 7.64. The topological polar surface area (TPSA) is 71.5 Å². The molecule has 0 saturated heterocycles. The predicted octanol–water partition coefficient (Wildman–Crippen LogP) is 2.73. The Bertz CT molecular complexity index is 683. The van der Waals surface area contributed by atoms with Gasteiger partial charge in [0.2, 0.25) is 5.91 Å². The van der Waals surface area contributed by atoms with Crippen molar-refractivity contribution in [1.29, 1.82) is 0 Å². The lowest BCUT2D eigenvalue weighted by Gasteiger charge is -2.14. The van der Waals surface area contributed by atoms with Gasteiger partial charge >= 0.3 is 0 Å². The van der Waals surface area contributed by atoms with Gasteiger partial charge in [-0.3, -0.25) is 4.79 Å². The Labute approximate surface area is 129 Å². The second-order valence-electron chi connectivity index (χ2n) is 5.78. The molecule has 1 aliphatic rings. The number of pyridine rings is 1. The Morgan fingerprint density at radius 2 is 2.23 bits per heavy atom. The molecule has 5 nitrogen and oxygen atoms in total. The summed E-state index contributed by atoms with van der Waals surface area (Å²) in [6.45, 7) is 2.04. The molecule has 0 spiro atoms. The van der Waals surface area contributed by atoms with Crippen molar-refractivity contribution in [3.05, 3.63) is 30.5 Å². The molecule has 1 heterocycles. The smallest absolute Gasteiger partial charge is 0.228 e. The number of aromatic nitrogens is 1. The number of nitrogens with one attached hydrogen (secondary N) is 1. The second-order valence-corrected chi connectivity index (χ2v) is 5.78. The predicted molar refractivity (Wildman–Crippen MR) is 84.9 cm³/mol. The summed E-state index contributed by atoms with van der Waals surface area (Å²) in [6, 6.07) is 7.63. The maximum absolute atomic E-state index is 11.8. The number of fused-ring (bicyclic) bond motifs is 1. The van der Waals surface area contributed by atoms with Gasteiger partial charge in [-0.15, -0.1) is 0 Å². The fourth-order valence-electron chi connectivity index (χ4n) is 2.31. The molecule has 5 heteroatoms. The average Bonchev–Trinajstić information content (AvgIpc) is 3.32. The van der Waals surface area contributed by atoms with Crippen LogP contribution in [-0.4, -0.2) is 28.7 Å². The van der Waals surface area contributed by atoms with Crippen LogP contribution in [0.3, 0.4) is 0 Å². The van der Waals surface area contributed by atoms with Gasteiger partial charge in [-0.2, -0.15) is 0 Å². The van der Waals surface area contributed by atoms with Crippen molar-refractivity contribution in [3.63, 3.8) is 0 Å². The molecule has 1 aliphatic carbocycles. The highest BCUT2D eigenvalue weighted by Gasteiger charge is 2.29. The van der Waals surface area contributed by atoms with Crippen molar-refractivity contribution in [1.82, 2.24) is 4.98 Å². The maximum atomic E-state index is 11.8. The minimum atomic E-state index is -0.0347. The van der Waals surface area contributed by atoms with E-state index < -0.39 is 0 Å². The first-order chi connectivity index (χ1) is 10.7. The Kier molecular flexibility index (Phi) is 4.24. The van der Waals surface area contributed by atoms with Gasteiger partial charge in [-0.05, 0) is 43.4 Å². The quantitative estimate of drug-likeness (QED) is 0.860. The Morgan fingerprint density at radius 3 is 2.95 bits per heavy atom. The van der Waals surface area contributed by atoms with Gasteiger partial charge in [0.25, 0.3) is 0 Å². The normalized spacial score (nSPS) is 15.5. The standard InChI is InChI=1S/C17H20N2O3/c1-11(6-7-20)22-15-5-4-13-9-16(18-10-14(13)8-15)19-17(21)12-2-3-12/h4-5,8-12,20H,2-3,6-7H2,1H3,(H,18,19,21)/t11-/m0/s1. The zero-order valence-electron chi connectivity index (χ0n) is 12.6. The van der Waals surface area contributed by atoms with Gasteiger partial charge in [-0.25, -0.2) is 4.98 Å². The summed E-state index contributed by atoms with van der Waals surface area (Å²) in [5.41, 5.74) is 0. The van der Waals surface area contributed by atoms with Gasteiger partial charge in [-0.1, -0.05) is 6.07 Å². The number of nitrogens with zero attached hydrogens (tertiary/aromatic N) is 1. The molecule has 1 aromatic heterocycles. The molecule has 0 radical (unpaired) electrons. The highest BCUT2D eigenvalue weighted by molar-refractivity contribution is 5.95. The second kappa shape index (κ2) is 6.32. The van der Waals surface area contributed by atoms with E-state index >= 15 is 0 Å². The number of anilines is 1. The third kappa shape index (κ3) is 3.54. The van der Waals surface area contributed by atoms with E-state index in [0.717, 1.165) is 29.4 Å². The summed E-state index contributed by atoms with van der Waals surface area (Å²) in [5.74, 6) is 1.57. The summed E-state index contributed by atoms with van der Waals surface area (Å²) >= 11 is 0. The van der Waals surface area contributed by atoms with Crippen LogP contribution >= 0.6 is 0 Å². The van der Waals surface area contributed by atoms with Crippen LogP contribution in [-0.2, 0) is 4.79 Å². The summed E-state index contributed by atoms with van der Waals surface area (Å²) in [7, 11) is 0. The molecule has 3 rings (SSSR count). The molecule has 0 bridgehead atoms. The Balaban J connectivity index is 1.74. The van der Waals surface area contributed by atoms with Crippen LogP contribution in [0, 0.1) is 5.92 Å². The summed E-state index contributed by atoms with van der Waals surface area (Å²) in [5, 5.41) is 13.7. The molecule has 0 aliphatic heterocycles. The highest BCUT2D eigenvalue weighted by atomic mass is 16.5. The fraction of sp³-hybridized carbons (Fsp3) is 0.412. The van der Waals surface area contributed by atoms with Crippen LogP contribution in [0.15, 0.2) is 30.5 Å². The van der Waals surface area contributed by atoms with E-state index in [1.807, 2.05) is 31.2 Å². The molecular weight excluding hydrogens is 280 g/mol. The monoisotopic (exact) mass is 300 g/mol. The molecular formula is C17H20N2O3. The first-order valence-electron chi connectivity index (χ1n) is 7.64. The number of aliphatic hydroxyl groups excluding tert-OH is 1. The minimum Gasteiger partial charge on any atom is -0.491 e.